The maximum absolute atomic E-state index is 13.1. The molecule has 2 heterocycles. The van der Waals surface area contributed by atoms with Crippen LogP contribution in [0.3, 0.4) is 0 Å². The third kappa shape index (κ3) is 3.03. The number of aromatic nitrogens is 1. The Balaban J connectivity index is 2.00. The number of imide groups is 1. The molecule has 0 N–H and O–H groups in total. The number of hydrogen-bond acceptors (Lipinski definition) is 4. The van der Waals surface area contributed by atoms with Crippen LogP contribution in [0.1, 0.15) is 54.8 Å². The molecular formula is C19H19F3N3O3+. The van der Waals surface area contributed by atoms with Crippen LogP contribution in [-0.2, 0) is 4.74 Å². The van der Waals surface area contributed by atoms with Crippen LogP contribution in [0.15, 0.2) is 18.3 Å². The lowest BCUT2D eigenvalue weighted by Gasteiger charge is -2.24. The van der Waals surface area contributed by atoms with Gasteiger partial charge in [-0.3, -0.25) is 9.72 Å². The van der Waals surface area contributed by atoms with Crippen molar-refractivity contribution in [1.82, 2.24) is 14.5 Å². The molecule has 9 heteroatoms. The Labute approximate surface area is 158 Å². The molecule has 148 valence electrons. The van der Waals surface area contributed by atoms with Gasteiger partial charge >= 0.3 is 18.3 Å². The van der Waals surface area contributed by atoms with Crippen molar-refractivity contribution in [2.75, 3.05) is 6.54 Å². The number of fused-ring (bicyclic) bond motifs is 3. The number of ether oxygens (including phenoxy) is 1. The predicted octanol–water partition coefficient (Wildman–Crippen LogP) is 2.04. The molecule has 1 aliphatic heterocycles. The number of carbonyl (C=O) groups excluding carboxylic acids is 2. The van der Waals surface area contributed by atoms with E-state index in [1.165, 1.54) is 18.3 Å². The van der Waals surface area contributed by atoms with Gasteiger partial charge in [0, 0.05) is 11.4 Å². The average molecular weight is 394 g/mol. The molecule has 1 aromatic rings. The minimum absolute atomic E-state index is 0.0483. The van der Waals surface area contributed by atoms with E-state index in [2.05, 4.69) is 9.72 Å². The van der Waals surface area contributed by atoms with E-state index in [9.17, 15) is 22.8 Å². The number of rotatable bonds is 3. The Bertz CT molecular complexity index is 994. The lowest BCUT2D eigenvalue weighted by molar-refractivity contribution is -0.338. The molecule has 4 rings (SSSR count). The number of amides is 3. The Morgan fingerprint density at radius 3 is 2.64 bits per heavy atom. The van der Waals surface area contributed by atoms with Crippen LogP contribution in [0.4, 0.5) is 18.0 Å². The molecule has 0 aromatic carbocycles. The molecule has 1 fully saturated rings. The van der Waals surface area contributed by atoms with Gasteiger partial charge < -0.3 is 0 Å². The fourth-order valence-electron chi connectivity index (χ4n) is 4.16. The smallest absolute Gasteiger partial charge is 0.278 e. The van der Waals surface area contributed by atoms with Crippen LogP contribution < -0.4 is 15.2 Å². The maximum Gasteiger partial charge on any atom is 0.523 e. The van der Waals surface area contributed by atoms with Crippen molar-refractivity contribution in [2.24, 2.45) is 0 Å². The Morgan fingerprint density at radius 1 is 1.29 bits per heavy atom. The number of halogens is 3. The summed E-state index contributed by atoms with van der Waals surface area (Å²) in [5.41, 5.74) is 0.275. The van der Waals surface area contributed by atoms with Gasteiger partial charge in [-0.2, -0.15) is 14.3 Å². The second-order valence-corrected chi connectivity index (χ2v) is 7.00. The van der Waals surface area contributed by atoms with Crippen molar-refractivity contribution in [1.29, 1.82) is 0 Å². The number of nitrogens with zero attached hydrogens (tertiary/aromatic N) is 3. The third-order valence-corrected chi connectivity index (χ3v) is 5.36. The molecule has 6 nitrogen and oxygen atoms in total. The van der Waals surface area contributed by atoms with E-state index in [0.717, 1.165) is 30.6 Å². The van der Waals surface area contributed by atoms with E-state index < -0.39 is 24.4 Å². The summed E-state index contributed by atoms with van der Waals surface area (Å²) in [6.45, 7) is 1.92. The second kappa shape index (κ2) is 6.80. The van der Waals surface area contributed by atoms with Crippen molar-refractivity contribution in [3.63, 3.8) is 0 Å². The number of carbonyl (C=O) groups is 2. The number of alkyl halides is 3. The van der Waals surface area contributed by atoms with Gasteiger partial charge in [0.25, 0.3) is 0 Å². The van der Waals surface area contributed by atoms with Crippen LogP contribution in [0.25, 0.3) is 6.08 Å². The summed E-state index contributed by atoms with van der Waals surface area (Å²) in [5.74, 6) is -0.483. The minimum Gasteiger partial charge on any atom is -0.278 e. The van der Waals surface area contributed by atoms with Gasteiger partial charge in [0.05, 0.1) is 12.2 Å². The van der Waals surface area contributed by atoms with Crippen LogP contribution in [0.5, 0.6) is 0 Å². The first kappa shape index (κ1) is 18.8. The van der Waals surface area contributed by atoms with Gasteiger partial charge in [-0.05, 0) is 44.8 Å². The summed E-state index contributed by atoms with van der Waals surface area (Å²) in [6, 6.07) is -0.530. The minimum atomic E-state index is -4.84. The summed E-state index contributed by atoms with van der Waals surface area (Å²) < 4.78 is 44.2. The molecule has 2 aliphatic carbocycles. The van der Waals surface area contributed by atoms with E-state index >= 15 is 0 Å². The Morgan fingerprint density at radius 2 is 2.00 bits per heavy atom. The van der Waals surface area contributed by atoms with Crippen LogP contribution in [-0.4, -0.2) is 40.8 Å². The molecule has 1 atom stereocenters. The summed E-state index contributed by atoms with van der Waals surface area (Å²) in [6.07, 6.45) is 2.75. The van der Waals surface area contributed by atoms with E-state index in [0.29, 0.717) is 10.6 Å². The van der Waals surface area contributed by atoms with Gasteiger partial charge in [-0.25, -0.2) is 4.79 Å². The monoisotopic (exact) mass is 394 g/mol. The van der Waals surface area contributed by atoms with E-state index in [4.69, 9.17) is 0 Å². The zero-order chi connectivity index (χ0) is 20.1. The van der Waals surface area contributed by atoms with E-state index in [-0.39, 0.29) is 23.8 Å². The van der Waals surface area contributed by atoms with Gasteiger partial charge in [0.15, 0.2) is 5.36 Å². The number of pyridine rings is 1. The maximum atomic E-state index is 13.1. The van der Waals surface area contributed by atoms with Crippen LogP contribution in [0, 0.1) is 0 Å². The lowest BCUT2D eigenvalue weighted by atomic mass is 10.0. The molecule has 1 unspecified atom stereocenters. The topological polar surface area (TPSA) is 62.5 Å². The number of urea groups is 1. The van der Waals surface area contributed by atoms with Crippen molar-refractivity contribution < 1.29 is 27.5 Å². The summed E-state index contributed by atoms with van der Waals surface area (Å²) in [5, 5.41) is 0.676. The Kier molecular flexibility index (Phi) is 4.57. The predicted molar refractivity (Wildman–Crippen MR) is 92.6 cm³/mol. The summed E-state index contributed by atoms with van der Waals surface area (Å²) in [4.78, 5) is 31.2. The Hall–Kier alpha value is -2.55. The van der Waals surface area contributed by atoms with Crippen molar-refractivity contribution in [3.05, 3.63) is 40.2 Å². The molecule has 1 saturated carbocycles. The SMILES string of the molecule is CCN1C(=O)c2cnc3c(c2=[N+](C2CCCC2)C1=O)=CC=CC3OC(F)(F)F. The van der Waals surface area contributed by atoms with Crippen molar-refractivity contribution in [3.8, 4) is 0 Å². The third-order valence-electron chi connectivity index (χ3n) is 5.36. The lowest BCUT2D eigenvalue weighted by Crippen LogP contribution is -2.62. The fraction of sp³-hybridized carbons (Fsp3) is 0.474. The normalized spacial score (nSPS) is 22.4. The molecule has 0 radical (unpaired) electrons. The molecule has 28 heavy (non-hydrogen) atoms. The highest BCUT2D eigenvalue weighted by Crippen LogP contribution is 2.28. The first-order valence-corrected chi connectivity index (χ1v) is 9.26. The highest BCUT2D eigenvalue weighted by molar-refractivity contribution is 6.06. The molecule has 1 aromatic heterocycles. The van der Waals surface area contributed by atoms with Gasteiger partial charge in [0.1, 0.15) is 17.7 Å². The van der Waals surface area contributed by atoms with Gasteiger partial charge in [0.2, 0.25) is 0 Å². The number of hydrogen-bond donors (Lipinski definition) is 0. The molecule has 3 aliphatic rings. The number of allylic oxidation sites excluding steroid dienone is 1. The molecule has 0 spiro atoms. The summed E-state index contributed by atoms with van der Waals surface area (Å²) >= 11 is 0. The van der Waals surface area contributed by atoms with E-state index in [1.54, 1.807) is 17.6 Å². The molecule has 0 bridgehead atoms. The summed E-state index contributed by atoms with van der Waals surface area (Å²) in [7, 11) is 0. The van der Waals surface area contributed by atoms with Crippen LogP contribution >= 0.6 is 0 Å². The largest absolute Gasteiger partial charge is 0.523 e. The molecular weight excluding hydrogens is 375 g/mol. The van der Waals surface area contributed by atoms with Crippen molar-refractivity contribution >= 4 is 18.0 Å². The zero-order valence-corrected chi connectivity index (χ0v) is 15.2. The standard InChI is InChI=1S/C19H19F3N3O3/c1-2-24-17(26)13-10-23-15-12(8-5-9-14(15)28-19(20,21)22)16(13)25(18(24)27)11-6-3-4-7-11/h5,8-11,14H,2-4,6-7H2,1H3/q+1. The van der Waals surface area contributed by atoms with Gasteiger partial charge in [-0.1, -0.05) is 6.08 Å². The fourth-order valence-corrected chi connectivity index (χ4v) is 4.16. The van der Waals surface area contributed by atoms with Gasteiger partial charge in [-0.15, -0.1) is 13.2 Å². The second-order valence-electron chi connectivity index (χ2n) is 7.00. The molecule has 0 saturated heterocycles. The first-order chi connectivity index (χ1) is 13.3. The zero-order valence-electron chi connectivity index (χ0n) is 15.2. The van der Waals surface area contributed by atoms with Crippen LogP contribution in [0.2, 0.25) is 0 Å². The average Bonchev–Trinajstić information content (AvgIpc) is 3.15. The van der Waals surface area contributed by atoms with Crippen molar-refractivity contribution in [2.45, 2.75) is 51.1 Å². The van der Waals surface area contributed by atoms with E-state index in [1.807, 2.05) is 0 Å². The highest BCUT2D eigenvalue weighted by Gasteiger charge is 2.44. The molecule has 3 amide bonds. The highest BCUT2D eigenvalue weighted by atomic mass is 19.4. The quantitative estimate of drug-likeness (QED) is 0.737. The first-order valence-electron chi connectivity index (χ1n) is 9.26.